The average Bonchev–Trinajstić information content (AvgIpc) is 2.83. The molecule has 1 heterocycles. The second kappa shape index (κ2) is 10.9. The number of hydrogen-bond donors (Lipinski definition) is 1. The Morgan fingerprint density at radius 3 is 2.47 bits per heavy atom. The Morgan fingerprint density at radius 2 is 1.81 bits per heavy atom. The maximum Gasteiger partial charge on any atom is 0.336 e. The van der Waals surface area contributed by atoms with E-state index in [2.05, 4.69) is 0 Å². The van der Waals surface area contributed by atoms with E-state index in [0.717, 1.165) is 11.3 Å². The van der Waals surface area contributed by atoms with Crippen LogP contribution < -0.4 is 4.74 Å². The first-order chi connectivity index (χ1) is 17.2. The maximum absolute atomic E-state index is 13.7. The van der Waals surface area contributed by atoms with Crippen LogP contribution in [-0.2, 0) is 14.3 Å². The molecule has 2 aliphatic rings. The molecule has 0 saturated heterocycles. The number of aromatic hydroxyl groups is 1. The molecule has 1 unspecified atom stereocenters. The molecule has 1 N–H and O–H groups in total. The lowest BCUT2D eigenvalue weighted by Gasteiger charge is -2.38. The monoisotopic (exact) mass is 509 g/mol. The predicted molar refractivity (Wildman–Crippen MR) is 140 cm³/mol. The zero-order valence-electron chi connectivity index (χ0n) is 21.1. The summed E-state index contributed by atoms with van der Waals surface area (Å²) in [4.78, 5) is 31.8. The van der Waals surface area contributed by atoms with E-state index in [1.54, 1.807) is 25.1 Å². The maximum atomic E-state index is 13.7. The van der Waals surface area contributed by atoms with Crippen LogP contribution in [0.25, 0.3) is 0 Å². The Hall–Kier alpha value is -3.12. The number of aliphatic imine (C=N–C) groups is 1. The summed E-state index contributed by atoms with van der Waals surface area (Å²) in [5, 5.41) is 10.9. The Labute approximate surface area is 217 Å². The van der Waals surface area contributed by atoms with Crippen LogP contribution in [0.5, 0.6) is 11.5 Å². The van der Waals surface area contributed by atoms with Gasteiger partial charge in [-0.15, -0.1) is 0 Å². The number of phenolic OH excluding ortho intramolecular Hbond substituents is 1. The van der Waals surface area contributed by atoms with Gasteiger partial charge in [-0.3, -0.25) is 9.79 Å². The molecule has 36 heavy (non-hydrogen) atoms. The number of Topliss-reactive ketones (excluding diaryl/α,β-unsaturated/α-hetero) is 1. The molecule has 3 atom stereocenters. The first kappa shape index (κ1) is 26.0. The summed E-state index contributed by atoms with van der Waals surface area (Å²) in [5.41, 5.74) is 3.45. The number of benzene rings is 2. The fourth-order valence-corrected chi connectivity index (χ4v) is 5.21. The van der Waals surface area contributed by atoms with E-state index < -0.39 is 17.8 Å². The zero-order valence-corrected chi connectivity index (χ0v) is 21.8. The molecule has 0 spiro atoms. The lowest BCUT2D eigenvalue weighted by atomic mass is 9.66. The Morgan fingerprint density at radius 1 is 1.11 bits per heavy atom. The minimum atomic E-state index is -0.585. The highest BCUT2D eigenvalue weighted by atomic mass is 35.5. The molecular weight excluding hydrogens is 478 g/mol. The number of carbonyl (C=O) groups excluding carboxylic acids is 2. The fraction of sp³-hybridized carbons (Fsp3) is 0.414. The zero-order chi connectivity index (χ0) is 26.0. The third-order valence-corrected chi connectivity index (χ3v) is 6.96. The number of rotatable bonds is 7. The molecule has 1 fully saturated rings. The van der Waals surface area contributed by atoms with E-state index in [4.69, 9.17) is 26.1 Å². The standard InChI is InChI=1S/C29H32ClNO5/c1-5-35-25-14-19(8-11-23(25)32)27-26(29(34)36-15-16(2)3)17(4)31-22-12-20(13-24(33)28(22)27)18-6-9-21(30)10-7-18/h6-11,14,16,20,27-28,32H,5,12-13,15H2,1-4H3/t20-,27+,28?/m0/s1. The SMILES string of the molecule is CCOc1cc([C@@H]2C(C(=O)OCC(C)C)=C(C)N=C3C[C@H](c4ccc(Cl)cc4)CC(=O)C32)ccc1O. The van der Waals surface area contributed by atoms with E-state index in [1.807, 2.05) is 45.0 Å². The quantitative estimate of drug-likeness (QED) is 0.448. The van der Waals surface area contributed by atoms with Gasteiger partial charge >= 0.3 is 5.97 Å². The molecule has 2 aromatic rings. The van der Waals surface area contributed by atoms with Crippen molar-refractivity contribution in [1.29, 1.82) is 0 Å². The van der Waals surface area contributed by atoms with Crippen LogP contribution in [0.15, 0.2) is 58.7 Å². The number of ether oxygens (including phenoxy) is 2. The summed E-state index contributed by atoms with van der Waals surface area (Å²) in [5.74, 6) is -1.11. The van der Waals surface area contributed by atoms with Gasteiger partial charge in [0.05, 0.1) is 24.7 Å². The van der Waals surface area contributed by atoms with Crippen molar-refractivity contribution in [2.24, 2.45) is 16.8 Å². The number of hydrogen-bond acceptors (Lipinski definition) is 6. The summed E-state index contributed by atoms with van der Waals surface area (Å²) in [6, 6.07) is 12.6. The van der Waals surface area contributed by atoms with Crippen molar-refractivity contribution < 1.29 is 24.2 Å². The van der Waals surface area contributed by atoms with Gasteiger partial charge in [0, 0.05) is 28.8 Å². The predicted octanol–water partition coefficient (Wildman–Crippen LogP) is 6.22. The van der Waals surface area contributed by atoms with Crippen molar-refractivity contribution >= 4 is 29.1 Å². The van der Waals surface area contributed by atoms with E-state index in [-0.39, 0.29) is 30.0 Å². The van der Waals surface area contributed by atoms with Gasteiger partial charge in [-0.05, 0) is 67.5 Å². The third kappa shape index (κ3) is 5.34. The number of allylic oxidation sites excluding steroid dienone is 1. The molecule has 2 aromatic carbocycles. The van der Waals surface area contributed by atoms with Gasteiger partial charge in [0.15, 0.2) is 11.5 Å². The third-order valence-electron chi connectivity index (χ3n) is 6.71. The van der Waals surface area contributed by atoms with Crippen molar-refractivity contribution in [2.75, 3.05) is 13.2 Å². The number of halogens is 1. The summed E-state index contributed by atoms with van der Waals surface area (Å²) in [7, 11) is 0. The van der Waals surface area contributed by atoms with Crippen LogP contribution in [0.1, 0.15) is 63.5 Å². The number of fused-ring (bicyclic) bond motifs is 1. The van der Waals surface area contributed by atoms with Gasteiger partial charge in [0.1, 0.15) is 5.78 Å². The molecule has 7 heteroatoms. The lowest BCUT2D eigenvalue weighted by Crippen LogP contribution is -2.41. The molecular formula is C29H32ClNO5. The van der Waals surface area contributed by atoms with Gasteiger partial charge in [0.2, 0.25) is 0 Å². The summed E-state index contributed by atoms with van der Waals surface area (Å²) >= 11 is 6.06. The Balaban J connectivity index is 1.78. The molecule has 0 bridgehead atoms. The van der Waals surface area contributed by atoms with Gasteiger partial charge in [-0.25, -0.2) is 4.79 Å². The van der Waals surface area contributed by atoms with Crippen molar-refractivity contribution in [2.45, 2.75) is 52.4 Å². The minimum absolute atomic E-state index is 0.00714. The van der Waals surface area contributed by atoms with Crippen molar-refractivity contribution in [1.82, 2.24) is 0 Å². The van der Waals surface area contributed by atoms with Crippen LogP contribution in [-0.4, -0.2) is 35.8 Å². The highest BCUT2D eigenvalue weighted by Crippen LogP contribution is 2.47. The number of carbonyl (C=O) groups is 2. The van der Waals surface area contributed by atoms with Gasteiger partial charge in [0.25, 0.3) is 0 Å². The number of ketones is 1. The van der Waals surface area contributed by atoms with Crippen LogP contribution in [0.4, 0.5) is 0 Å². The van der Waals surface area contributed by atoms with E-state index in [0.29, 0.717) is 47.1 Å². The molecule has 0 aromatic heterocycles. The molecule has 4 rings (SSSR count). The first-order valence-electron chi connectivity index (χ1n) is 12.4. The van der Waals surface area contributed by atoms with Crippen molar-refractivity contribution in [3.05, 3.63) is 69.9 Å². The largest absolute Gasteiger partial charge is 0.504 e. The summed E-state index contributed by atoms with van der Waals surface area (Å²) in [6.45, 7) is 8.21. The smallest absolute Gasteiger partial charge is 0.336 e. The number of nitrogens with zero attached hydrogens (tertiary/aromatic N) is 1. The highest BCUT2D eigenvalue weighted by Gasteiger charge is 2.46. The normalized spacial score (nSPS) is 21.8. The number of phenols is 1. The Bertz CT molecular complexity index is 1210. The second-order valence-corrected chi connectivity index (χ2v) is 10.3. The molecule has 0 radical (unpaired) electrons. The average molecular weight is 510 g/mol. The molecule has 190 valence electrons. The summed E-state index contributed by atoms with van der Waals surface area (Å²) < 4.78 is 11.2. The number of esters is 1. The molecule has 6 nitrogen and oxygen atoms in total. The van der Waals surface area contributed by atoms with Crippen LogP contribution in [0.3, 0.4) is 0 Å². The molecule has 1 aliphatic heterocycles. The molecule has 1 aliphatic carbocycles. The van der Waals surface area contributed by atoms with Gasteiger partial charge in [-0.2, -0.15) is 0 Å². The van der Waals surface area contributed by atoms with Crippen molar-refractivity contribution in [3.8, 4) is 11.5 Å². The first-order valence-corrected chi connectivity index (χ1v) is 12.8. The lowest BCUT2D eigenvalue weighted by molar-refractivity contribution is -0.140. The fourth-order valence-electron chi connectivity index (χ4n) is 5.09. The summed E-state index contributed by atoms with van der Waals surface area (Å²) in [6.07, 6.45) is 0.947. The minimum Gasteiger partial charge on any atom is -0.504 e. The van der Waals surface area contributed by atoms with E-state index in [9.17, 15) is 14.7 Å². The van der Waals surface area contributed by atoms with Gasteiger partial charge < -0.3 is 14.6 Å². The Kier molecular flexibility index (Phi) is 7.84. The molecule has 0 amide bonds. The van der Waals surface area contributed by atoms with Crippen LogP contribution in [0, 0.1) is 11.8 Å². The van der Waals surface area contributed by atoms with Crippen molar-refractivity contribution in [3.63, 3.8) is 0 Å². The topological polar surface area (TPSA) is 85.2 Å². The second-order valence-electron chi connectivity index (χ2n) is 9.83. The van der Waals surface area contributed by atoms with Crippen LogP contribution in [0.2, 0.25) is 5.02 Å². The highest BCUT2D eigenvalue weighted by molar-refractivity contribution is 6.30. The van der Waals surface area contributed by atoms with E-state index >= 15 is 0 Å². The van der Waals surface area contributed by atoms with Gasteiger partial charge in [-0.1, -0.05) is 43.6 Å². The van der Waals surface area contributed by atoms with Crippen LogP contribution >= 0.6 is 11.6 Å². The molecule has 1 saturated carbocycles. The van der Waals surface area contributed by atoms with E-state index in [1.165, 1.54) is 0 Å².